The molecule has 0 heterocycles. The molecule has 1 atom stereocenters. The number of benzene rings is 2. The molecule has 2 aromatic carbocycles. The van der Waals surface area contributed by atoms with Gasteiger partial charge in [-0.25, -0.2) is 0 Å². The molecule has 3 nitrogen and oxygen atoms in total. The average Bonchev–Trinajstić information content (AvgIpc) is 3.13. The highest BCUT2D eigenvalue weighted by atomic mass is 35.5. The van der Waals surface area contributed by atoms with Crippen molar-refractivity contribution in [3.63, 3.8) is 0 Å². The van der Waals surface area contributed by atoms with Crippen LogP contribution in [0.25, 0.3) is 0 Å². The normalized spacial score (nSPS) is 15.6. The van der Waals surface area contributed by atoms with Gasteiger partial charge in [-0.15, -0.1) is 0 Å². The van der Waals surface area contributed by atoms with E-state index < -0.39 is 17.9 Å². The van der Waals surface area contributed by atoms with Gasteiger partial charge in [0.2, 0.25) is 0 Å². The lowest BCUT2D eigenvalue weighted by Crippen LogP contribution is -2.25. The molecular weight excluding hydrogens is 371 g/mol. The van der Waals surface area contributed by atoms with Crippen LogP contribution in [-0.2, 0) is 20.7 Å². The lowest BCUT2D eigenvalue weighted by molar-refractivity contribution is -0.161. The predicted molar refractivity (Wildman–Crippen MR) is 102 cm³/mol. The first-order chi connectivity index (χ1) is 12.5. The molecular formula is C21H20Cl2O3. The number of esters is 2. The van der Waals surface area contributed by atoms with Crippen molar-refractivity contribution in [2.24, 2.45) is 5.92 Å². The Labute approximate surface area is 163 Å². The molecule has 1 aliphatic carbocycles. The van der Waals surface area contributed by atoms with Crippen LogP contribution in [0.1, 0.15) is 42.7 Å². The van der Waals surface area contributed by atoms with Crippen LogP contribution in [0, 0.1) is 5.92 Å². The van der Waals surface area contributed by atoms with Crippen LogP contribution >= 0.6 is 23.2 Å². The second kappa shape index (κ2) is 8.70. The zero-order valence-electron chi connectivity index (χ0n) is 14.3. The van der Waals surface area contributed by atoms with E-state index in [2.05, 4.69) is 0 Å². The van der Waals surface area contributed by atoms with Crippen molar-refractivity contribution < 1.29 is 14.3 Å². The third kappa shape index (κ3) is 4.87. The van der Waals surface area contributed by atoms with Crippen LogP contribution in [0.5, 0.6) is 0 Å². The highest BCUT2D eigenvalue weighted by molar-refractivity contribution is 6.30. The number of ether oxygens (including phenoxy) is 1. The van der Waals surface area contributed by atoms with E-state index in [1.54, 1.807) is 36.4 Å². The Balaban J connectivity index is 1.71. The smallest absolute Gasteiger partial charge is 0.321 e. The van der Waals surface area contributed by atoms with E-state index in [9.17, 15) is 9.59 Å². The zero-order chi connectivity index (χ0) is 18.5. The maximum atomic E-state index is 12.8. The lowest BCUT2D eigenvalue weighted by atomic mass is 9.85. The summed E-state index contributed by atoms with van der Waals surface area (Å²) in [7, 11) is 0. The minimum absolute atomic E-state index is 0.0426. The fourth-order valence-corrected chi connectivity index (χ4v) is 3.79. The molecule has 136 valence electrons. The second-order valence-corrected chi connectivity index (χ2v) is 7.54. The molecule has 26 heavy (non-hydrogen) atoms. The van der Waals surface area contributed by atoms with Crippen molar-refractivity contribution in [2.75, 3.05) is 0 Å². The SMILES string of the molecule is O=C(Cc1ccc(Cl)cc1)OC(=O)C(c1ccc(Cl)cc1)C1CCCC1. The highest BCUT2D eigenvalue weighted by Gasteiger charge is 2.34. The zero-order valence-corrected chi connectivity index (χ0v) is 15.8. The molecule has 0 saturated heterocycles. The summed E-state index contributed by atoms with van der Waals surface area (Å²) >= 11 is 11.8. The second-order valence-electron chi connectivity index (χ2n) is 6.67. The maximum absolute atomic E-state index is 12.8. The van der Waals surface area contributed by atoms with Crippen LogP contribution < -0.4 is 0 Å². The van der Waals surface area contributed by atoms with Gasteiger partial charge in [0.05, 0.1) is 12.3 Å². The average molecular weight is 391 g/mol. The molecule has 0 aliphatic heterocycles. The molecule has 2 aromatic rings. The van der Waals surface area contributed by atoms with Gasteiger partial charge in [-0.05, 0) is 54.2 Å². The van der Waals surface area contributed by atoms with E-state index in [0.717, 1.165) is 36.8 Å². The van der Waals surface area contributed by atoms with Gasteiger partial charge in [-0.2, -0.15) is 0 Å². The number of rotatable bonds is 5. The number of halogens is 2. The molecule has 0 radical (unpaired) electrons. The van der Waals surface area contributed by atoms with Gasteiger partial charge in [0.25, 0.3) is 0 Å². The minimum Gasteiger partial charge on any atom is -0.392 e. The molecule has 0 spiro atoms. The molecule has 0 bridgehead atoms. The highest BCUT2D eigenvalue weighted by Crippen LogP contribution is 2.38. The molecule has 5 heteroatoms. The van der Waals surface area contributed by atoms with Crippen molar-refractivity contribution in [1.29, 1.82) is 0 Å². The van der Waals surface area contributed by atoms with Crippen molar-refractivity contribution in [3.8, 4) is 0 Å². The van der Waals surface area contributed by atoms with E-state index in [-0.39, 0.29) is 12.3 Å². The largest absolute Gasteiger partial charge is 0.392 e. The topological polar surface area (TPSA) is 43.4 Å². The fourth-order valence-electron chi connectivity index (χ4n) is 3.54. The predicted octanol–water partition coefficient (Wildman–Crippen LogP) is 5.58. The quantitative estimate of drug-likeness (QED) is 0.494. The summed E-state index contributed by atoms with van der Waals surface area (Å²) in [5.74, 6) is -1.25. The van der Waals surface area contributed by atoms with Gasteiger partial charge < -0.3 is 4.74 Å². The summed E-state index contributed by atoms with van der Waals surface area (Å²) in [4.78, 5) is 25.0. The maximum Gasteiger partial charge on any atom is 0.321 e. The molecule has 3 rings (SSSR count). The summed E-state index contributed by atoms with van der Waals surface area (Å²) in [5.41, 5.74) is 1.61. The van der Waals surface area contributed by atoms with Crippen molar-refractivity contribution in [2.45, 2.75) is 38.0 Å². The van der Waals surface area contributed by atoms with E-state index in [1.807, 2.05) is 12.1 Å². The molecule has 0 amide bonds. The Hall–Kier alpha value is -1.84. The Morgan fingerprint density at radius 1 is 0.923 bits per heavy atom. The number of carbonyl (C=O) groups excluding carboxylic acids is 2. The summed E-state index contributed by atoms with van der Waals surface area (Å²) in [6.45, 7) is 0. The monoisotopic (exact) mass is 390 g/mol. The van der Waals surface area contributed by atoms with E-state index in [0.29, 0.717) is 10.0 Å². The first kappa shape index (κ1) is 18.9. The Kier molecular flexibility index (Phi) is 6.33. The van der Waals surface area contributed by atoms with Crippen LogP contribution in [0.3, 0.4) is 0 Å². The van der Waals surface area contributed by atoms with Crippen LogP contribution in [0.15, 0.2) is 48.5 Å². The Bertz CT molecular complexity index is 763. The first-order valence-electron chi connectivity index (χ1n) is 8.77. The van der Waals surface area contributed by atoms with Gasteiger partial charge >= 0.3 is 11.9 Å². The molecule has 1 aliphatic rings. The van der Waals surface area contributed by atoms with Crippen LogP contribution in [-0.4, -0.2) is 11.9 Å². The molecule has 1 unspecified atom stereocenters. The molecule has 1 fully saturated rings. The van der Waals surface area contributed by atoms with Gasteiger partial charge in [0.1, 0.15) is 0 Å². The third-order valence-corrected chi connectivity index (χ3v) is 5.33. The lowest BCUT2D eigenvalue weighted by Gasteiger charge is -2.21. The van der Waals surface area contributed by atoms with E-state index in [4.69, 9.17) is 27.9 Å². The van der Waals surface area contributed by atoms with Gasteiger partial charge in [-0.1, -0.05) is 60.3 Å². The molecule has 0 aromatic heterocycles. The number of carbonyl (C=O) groups is 2. The first-order valence-corrected chi connectivity index (χ1v) is 9.53. The summed E-state index contributed by atoms with van der Waals surface area (Å²) in [5, 5.41) is 1.22. The van der Waals surface area contributed by atoms with Gasteiger partial charge in [0.15, 0.2) is 0 Å². The fraction of sp³-hybridized carbons (Fsp3) is 0.333. The van der Waals surface area contributed by atoms with Gasteiger partial charge in [-0.3, -0.25) is 9.59 Å². The third-order valence-electron chi connectivity index (χ3n) is 4.83. The minimum atomic E-state index is -0.547. The van der Waals surface area contributed by atoms with Gasteiger partial charge in [0, 0.05) is 10.0 Å². The molecule has 1 saturated carbocycles. The van der Waals surface area contributed by atoms with Crippen molar-refractivity contribution in [1.82, 2.24) is 0 Å². The van der Waals surface area contributed by atoms with Crippen LogP contribution in [0.4, 0.5) is 0 Å². The molecule has 0 N–H and O–H groups in total. The Morgan fingerprint density at radius 2 is 1.46 bits per heavy atom. The Morgan fingerprint density at radius 3 is 2.04 bits per heavy atom. The van der Waals surface area contributed by atoms with Crippen LogP contribution in [0.2, 0.25) is 10.0 Å². The van der Waals surface area contributed by atoms with E-state index in [1.165, 1.54) is 0 Å². The standard InChI is InChI=1S/C21H20Cl2O3/c22-17-9-5-14(6-10-17)13-19(24)26-21(25)20(15-3-1-2-4-15)16-7-11-18(23)12-8-16/h5-12,15,20H,1-4,13H2. The summed E-state index contributed by atoms with van der Waals surface area (Å²) in [6, 6.07) is 14.1. The van der Waals surface area contributed by atoms with E-state index >= 15 is 0 Å². The van der Waals surface area contributed by atoms with Crippen molar-refractivity contribution >= 4 is 35.1 Å². The van der Waals surface area contributed by atoms with Crippen molar-refractivity contribution in [3.05, 3.63) is 69.7 Å². The summed E-state index contributed by atoms with van der Waals surface area (Å²) < 4.78 is 5.20. The number of hydrogen-bond acceptors (Lipinski definition) is 3. The number of hydrogen-bond donors (Lipinski definition) is 0. The summed E-state index contributed by atoms with van der Waals surface area (Å²) in [6.07, 6.45) is 4.17.